The molecule has 0 aliphatic heterocycles. The Hall–Kier alpha value is -0.157. The molecule has 0 saturated carbocycles. The fourth-order valence-corrected chi connectivity index (χ4v) is 0.800. The van der Waals surface area contributed by atoms with Crippen LogP contribution < -0.4 is 44.1 Å². The first-order valence-electron chi connectivity index (χ1n) is 3.57. The molecule has 0 fully saturated rings. The molecule has 15 heavy (non-hydrogen) atoms. The molecule has 0 radical (unpaired) electrons. The van der Waals surface area contributed by atoms with E-state index in [4.69, 9.17) is 24.2 Å². The van der Waals surface area contributed by atoms with Gasteiger partial charge in [-0.15, -0.1) is 0 Å². The summed E-state index contributed by atoms with van der Waals surface area (Å²) in [6.07, 6.45) is 1.69. The van der Waals surface area contributed by atoms with Crippen molar-refractivity contribution in [3.8, 4) is 0 Å². The van der Waals surface area contributed by atoms with Crippen molar-refractivity contribution in [3.05, 3.63) is 18.4 Å². The van der Waals surface area contributed by atoms with Crippen molar-refractivity contribution in [3.63, 3.8) is 0 Å². The number of hydrogen-bond acceptors (Lipinski definition) is 5. The van der Waals surface area contributed by atoms with Crippen LogP contribution in [0, 0.1) is 0 Å². The van der Waals surface area contributed by atoms with Crippen molar-refractivity contribution < 1.29 is 72.1 Å². The van der Waals surface area contributed by atoms with Crippen molar-refractivity contribution in [2.75, 3.05) is 0 Å². The van der Waals surface area contributed by atoms with Crippen LogP contribution in [0.3, 0.4) is 0 Å². The van der Waals surface area contributed by atoms with Gasteiger partial charge in [0.2, 0.25) is 0 Å². The molecule has 1 heterocycles. The molecule has 0 amide bonds. The first-order valence-corrected chi connectivity index (χ1v) is 5.05. The summed E-state index contributed by atoms with van der Waals surface area (Å²) in [4.78, 5) is 17.8. The van der Waals surface area contributed by atoms with E-state index in [1.165, 1.54) is 0 Å². The number of rotatable bonds is 0. The minimum absolute atomic E-state index is 0. The molecule has 7 heteroatoms. The molecule has 0 bridgehead atoms. The Labute approximate surface area is 120 Å². The minimum atomic E-state index is -1.08. The SMILES string of the molecule is CC(=O)[O-].CC(=O)[O-].[Na+].[Zn+][c]1ccco1. The van der Waals surface area contributed by atoms with E-state index in [1.54, 1.807) is 6.26 Å². The number of hydrogen-bond donors (Lipinski definition) is 0. The van der Waals surface area contributed by atoms with Crippen LogP contribution in [-0.2, 0) is 27.9 Å². The second-order valence-corrected chi connectivity index (χ2v) is 3.52. The Morgan fingerprint density at radius 3 is 1.67 bits per heavy atom. The van der Waals surface area contributed by atoms with Crippen LogP contribution in [0.2, 0.25) is 0 Å². The molecule has 0 aliphatic rings. The van der Waals surface area contributed by atoms with Gasteiger partial charge in [-0.1, -0.05) is 0 Å². The van der Waals surface area contributed by atoms with E-state index in [0.29, 0.717) is 0 Å². The van der Waals surface area contributed by atoms with Crippen LogP contribution in [0.1, 0.15) is 13.8 Å². The maximum absolute atomic E-state index is 8.89. The first kappa shape index (κ1) is 20.3. The number of aliphatic carboxylic acids is 2. The molecule has 0 unspecified atom stereocenters. The summed E-state index contributed by atoms with van der Waals surface area (Å²) >= 11 is 1.12. The van der Waals surface area contributed by atoms with E-state index >= 15 is 0 Å². The second kappa shape index (κ2) is 13.8. The fourth-order valence-electron chi connectivity index (χ4n) is 0.313. The second-order valence-electron chi connectivity index (χ2n) is 2.06. The molecule has 1 aromatic heterocycles. The molecule has 5 nitrogen and oxygen atoms in total. The summed E-state index contributed by atoms with van der Waals surface area (Å²) in [5, 5.41) is 17.8. The van der Waals surface area contributed by atoms with Gasteiger partial charge in [0.25, 0.3) is 0 Å². The quantitative estimate of drug-likeness (QED) is 0.441. The average Bonchev–Trinajstić information content (AvgIpc) is 2.36. The van der Waals surface area contributed by atoms with Gasteiger partial charge in [0, 0.05) is 11.9 Å². The van der Waals surface area contributed by atoms with Crippen LogP contribution >= 0.6 is 0 Å². The molecule has 0 spiro atoms. The Morgan fingerprint density at radius 1 is 1.27 bits per heavy atom. The van der Waals surface area contributed by atoms with Gasteiger partial charge in [-0.2, -0.15) is 0 Å². The van der Waals surface area contributed by atoms with Crippen molar-refractivity contribution in [1.82, 2.24) is 0 Å². The normalized spacial score (nSPS) is 6.93. The third kappa shape index (κ3) is 41.5. The van der Waals surface area contributed by atoms with Crippen LogP contribution in [0.25, 0.3) is 0 Å². The molecule has 1 aromatic rings. The van der Waals surface area contributed by atoms with Crippen molar-refractivity contribution >= 4 is 16.3 Å². The summed E-state index contributed by atoms with van der Waals surface area (Å²) in [5.41, 5.74) is 0. The summed E-state index contributed by atoms with van der Waals surface area (Å²) < 4.78 is 5.98. The first-order chi connectivity index (χ1) is 6.36. The predicted octanol–water partition coefficient (Wildman–Crippen LogP) is -5.03. The molecular weight excluding hydrogens is 264 g/mol. The third-order valence-corrected chi connectivity index (χ3v) is 1.42. The van der Waals surface area contributed by atoms with E-state index in [2.05, 4.69) is 0 Å². The molecular formula is C8H9NaO5Zn. The van der Waals surface area contributed by atoms with Gasteiger partial charge in [0.05, 0.1) is 0 Å². The van der Waals surface area contributed by atoms with E-state index in [1.807, 2.05) is 12.1 Å². The summed E-state index contributed by atoms with van der Waals surface area (Å²) in [5.74, 6) is -2.17. The zero-order valence-corrected chi connectivity index (χ0v) is 13.9. The number of carbonyl (C=O) groups excluding carboxylic acids is 2. The molecule has 0 aromatic carbocycles. The van der Waals surface area contributed by atoms with Crippen molar-refractivity contribution in [2.24, 2.45) is 0 Å². The van der Waals surface area contributed by atoms with Gasteiger partial charge >= 0.3 is 75.0 Å². The molecule has 0 N–H and O–H groups in total. The molecule has 0 saturated heterocycles. The topological polar surface area (TPSA) is 93.4 Å². The van der Waals surface area contributed by atoms with Crippen LogP contribution in [0.15, 0.2) is 22.8 Å². The zero-order chi connectivity index (χ0) is 11.6. The molecule has 1 rings (SSSR count). The average molecular weight is 274 g/mol. The number of carbonyl (C=O) groups is 2. The van der Waals surface area contributed by atoms with Gasteiger partial charge < -0.3 is 19.8 Å². The van der Waals surface area contributed by atoms with E-state index in [9.17, 15) is 0 Å². The number of furan rings is 1. The van der Waals surface area contributed by atoms with Gasteiger partial charge in [-0.05, 0) is 13.8 Å². The predicted molar refractivity (Wildman–Crippen MR) is 39.7 cm³/mol. The third-order valence-electron chi connectivity index (χ3n) is 0.580. The Balaban J connectivity index is -0.000000145. The zero-order valence-electron chi connectivity index (χ0n) is 8.98. The Kier molecular flexibility index (Phi) is 18.7. The standard InChI is InChI=1S/C4H3O.2C2H4O2.Na.Zn/c1-2-4-5-3-1;2*1-2(3)4;;/h1-3H;2*1H3,(H,3,4);;/q;;;2*+1/p-2. The summed E-state index contributed by atoms with van der Waals surface area (Å²) in [6.45, 7) is 1.94. The fraction of sp³-hybridized carbons (Fsp3) is 0.250. The maximum atomic E-state index is 8.89. The van der Waals surface area contributed by atoms with E-state index < -0.39 is 11.9 Å². The van der Waals surface area contributed by atoms with Gasteiger partial charge in [-0.3, -0.25) is 0 Å². The summed E-state index contributed by atoms with van der Waals surface area (Å²) in [7, 11) is 0. The number of carboxylic acids is 2. The van der Waals surface area contributed by atoms with E-state index in [0.717, 1.165) is 36.5 Å². The van der Waals surface area contributed by atoms with E-state index in [-0.39, 0.29) is 29.6 Å². The van der Waals surface area contributed by atoms with Crippen molar-refractivity contribution in [2.45, 2.75) is 13.8 Å². The number of carboxylic acid groups (broad SMARTS) is 2. The van der Waals surface area contributed by atoms with Crippen LogP contribution in [0.4, 0.5) is 0 Å². The van der Waals surface area contributed by atoms with Crippen LogP contribution in [-0.4, -0.2) is 11.9 Å². The monoisotopic (exact) mass is 272 g/mol. The molecule has 0 aliphatic carbocycles. The van der Waals surface area contributed by atoms with Gasteiger partial charge in [0.15, 0.2) is 0 Å². The Bertz CT molecular complexity index is 240. The summed E-state index contributed by atoms with van der Waals surface area (Å²) in [6, 6.07) is 3.87. The van der Waals surface area contributed by atoms with Crippen LogP contribution in [0.5, 0.6) is 0 Å². The molecule has 74 valence electrons. The van der Waals surface area contributed by atoms with Gasteiger partial charge in [0.1, 0.15) is 0 Å². The Morgan fingerprint density at radius 2 is 1.60 bits per heavy atom. The van der Waals surface area contributed by atoms with Gasteiger partial charge in [-0.25, -0.2) is 0 Å². The van der Waals surface area contributed by atoms with Crippen molar-refractivity contribution in [1.29, 1.82) is 0 Å². The molecule has 0 atom stereocenters.